The lowest BCUT2D eigenvalue weighted by Gasteiger charge is -2.25. The van der Waals surface area contributed by atoms with Gasteiger partial charge in [0.2, 0.25) is 0 Å². The maximum atomic E-state index is 12.9. The van der Waals surface area contributed by atoms with Gasteiger partial charge in [-0.05, 0) is 77.0 Å². The summed E-state index contributed by atoms with van der Waals surface area (Å²) in [6.07, 6.45) is 70.3. The van der Waals surface area contributed by atoms with E-state index in [9.17, 15) is 19.5 Å². The number of carboxylic acids is 1. The average molecular weight is 1060 g/mol. The largest absolute Gasteiger partial charge is 0.477 e. The van der Waals surface area contributed by atoms with Crippen LogP contribution in [0.1, 0.15) is 284 Å². The van der Waals surface area contributed by atoms with E-state index in [4.69, 9.17) is 18.9 Å². The molecule has 75 heavy (non-hydrogen) atoms. The first-order chi connectivity index (χ1) is 36.6. The van der Waals surface area contributed by atoms with Gasteiger partial charge in [-0.3, -0.25) is 9.59 Å². The Bertz CT molecular complexity index is 1410. The highest BCUT2D eigenvalue weighted by molar-refractivity contribution is 5.71. The first-order valence-electron chi connectivity index (χ1n) is 31.5. The summed E-state index contributed by atoms with van der Waals surface area (Å²) in [5, 5.41) is 9.72. The van der Waals surface area contributed by atoms with Gasteiger partial charge in [-0.2, -0.15) is 0 Å². The number of esters is 2. The van der Waals surface area contributed by atoms with Crippen LogP contribution in [0.4, 0.5) is 0 Å². The molecule has 0 amide bonds. The van der Waals surface area contributed by atoms with Crippen molar-refractivity contribution >= 4 is 17.9 Å². The zero-order valence-corrected chi connectivity index (χ0v) is 49.7. The third-order valence-electron chi connectivity index (χ3n) is 13.8. The molecular weight excluding hydrogens is 935 g/mol. The van der Waals surface area contributed by atoms with E-state index in [0.717, 1.165) is 70.6 Å². The van der Waals surface area contributed by atoms with Gasteiger partial charge in [0, 0.05) is 12.8 Å². The number of hydrogen-bond donors (Lipinski definition) is 1. The van der Waals surface area contributed by atoms with Gasteiger partial charge < -0.3 is 28.5 Å². The second kappa shape index (κ2) is 57.2. The smallest absolute Gasteiger partial charge is 0.361 e. The van der Waals surface area contributed by atoms with E-state index in [2.05, 4.69) is 74.6 Å². The molecule has 0 heterocycles. The molecule has 0 aromatic rings. The summed E-state index contributed by atoms with van der Waals surface area (Å²) in [6.45, 7) is 4.79. The number of aliphatic carboxylic acids is 1. The van der Waals surface area contributed by atoms with E-state index in [1.807, 2.05) is 21.1 Å². The first kappa shape index (κ1) is 72.0. The molecule has 0 radical (unpaired) electrons. The molecule has 0 saturated heterocycles. The fraction of sp³-hybridized carbons (Fsp3) is 0.803. The van der Waals surface area contributed by atoms with Crippen molar-refractivity contribution in [1.82, 2.24) is 0 Å². The van der Waals surface area contributed by atoms with E-state index < -0.39 is 24.3 Å². The Morgan fingerprint density at radius 1 is 0.413 bits per heavy atom. The Morgan fingerprint density at radius 3 is 1.15 bits per heavy atom. The number of carboxylic acid groups (broad SMARTS) is 1. The van der Waals surface area contributed by atoms with Crippen molar-refractivity contribution in [3.05, 3.63) is 60.8 Å². The van der Waals surface area contributed by atoms with Crippen LogP contribution in [0.3, 0.4) is 0 Å². The molecular formula is C66H120NO8+. The van der Waals surface area contributed by atoms with Gasteiger partial charge >= 0.3 is 17.9 Å². The molecule has 2 atom stereocenters. The molecule has 0 aliphatic heterocycles. The van der Waals surface area contributed by atoms with Gasteiger partial charge in [0.1, 0.15) is 13.2 Å². The number of hydrogen-bond acceptors (Lipinski definition) is 7. The second-order valence-corrected chi connectivity index (χ2v) is 22.3. The van der Waals surface area contributed by atoms with Gasteiger partial charge in [-0.1, -0.05) is 254 Å². The Hall–Kier alpha value is -3.01. The van der Waals surface area contributed by atoms with Crippen LogP contribution in [0.2, 0.25) is 0 Å². The fourth-order valence-corrected chi connectivity index (χ4v) is 8.94. The average Bonchev–Trinajstić information content (AvgIpc) is 3.38. The van der Waals surface area contributed by atoms with Crippen LogP contribution in [0.5, 0.6) is 0 Å². The Morgan fingerprint density at radius 2 is 0.760 bits per heavy atom. The highest BCUT2D eigenvalue weighted by Crippen LogP contribution is 2.17. The highest BCUT2D eigenvalue weighted by Gasteiger charge is 2.25. The number of allylic oxidation sites excluding steroid dienone is 10. The molecule has 0 aliphatic rings. The van der Waals surface area contributed by atoms with Crippen LogP contribution < -0.4 is 0 Å². The topological polar surface area (TPSA) is 108 Å². The van der Waals surface area contributed by atoms with Gasteiger partial charge in [-0.15, -0.1) is 0 Å². The van der Waals surface area contributed by atoms with E-state index in [0.29, 0.717) is 23.9 Å². The number of rotatable bonds is 58. The molecule has 0 spiro atoms. The van der Waals surface area contributed by atoms with Crippen LogP contribution in [0.15, 0.2) is 60.8 Å². The number of nitrogens with zero attached hydrogens (tertiary/aromatic N) is 1. The molecule has 9 heteroatoms. The van der Waals surface area contributed by atoms with Gasteiger partial charge in [-0.25, -0.2) is 4.79 Å². The standard InChI is InChI=1S/C66H119NO8/c1-6-8-10-12-14-16-18-20-22-24-26-28-29-30-31-32-33-34-35-37-38-40-42-44-46-48-50-52-54-56-63(68)73-60-62(61-74-66(65(70)71)72-59-58-67(3,4)5)75-64(69)57-55-53-51-49-47-45-43-41-39-36-27-25-23-21-19-17-15-13-11-9-7-2/h9,11,15,17,21,23-24,26-27,36,62,66H,6-8,10,12-14,16,18-20,22,25,28-35,37-61H2,1-5H3/p+1/b11-9-,17-15-,23-21-,26-24-,36-27-. The zero-order chi connectivity index (χ0) is 54.8. The van der Waals surface area contributed by atoms with Crippen LogP contribution in [-0.4, -0.2) is 87.4 Å². The monoisotopic (exact) mass is 1050 g/mol. The van der Waals surface area contributed by atoms with Crippen LogP contribution >= 0.6 is 0 Å². The van der Waals surface area contributed by atoms with Crippen LogP contribution in [0.25, 0.3) is 0 Å². The minimum Gasteiger partial charge on any atom is -0.477 e. The summed E-state index contributed by atoms with van der Waals surface area (Å²) >= 11 is 0. The minimum atomic E-state index is -1.51. The van der Waals surface area contributed by atoms with E-state index in [1.54, 1.807) is 0 Å². The molecule has 0 bridgehead atoms. The quantitative estimate of drug-likeness (QED) is 0.0211. The predicted octanol–water partition coefficient (Wildman–Crippen LogP) is 18.8. The lowest BCUT2D eigenvalue weighted by Crippen LogP contribution is -2.40. The molecule has 436 valence electrons. The fourth-order valence-electron chi connectivity index (χ4n) is 8.94. The van der Waals surface area contributed by atoms with E-state index in [-0.39, 0.29) is 32.2 Å². The Kier molecular flexibility index (Phi) is 54.9. The minimum absolute atomic E-state index is 0.185. The summed E-state index contributed by atoms with van der Waals surface area (Å²) in [5.41, 5.74) is 0. The summed E-state index contributed by atoms with van der Waals surface area (Å²) in [6, 6.07) is 0. The lowest BCUT2D eigenvalue weighted by atomic mass is 10.0. The van der Waals surface area contributed by atoms with Crippen molar-refractivity contribution in [1.29, 1.82) is 0 Å². The van der Waals surface area contributed by atoms with E-state index in [1.165, 1.54) is 180 Å². The number of likely N-dealkylation sites (N-methyl/N-ethyl adjacent to an activating group) is 1. The lowest BCUT2D eigenvalue weighted by molar-refractivity contribution is -0.870. The Balaban J connectivity index is 4.15. The summed E-state index contributed by atoms with van der Waals surface area (Å²) < 4.78 is 22.9. The SMILES string of the molecule is CC/C=C\C/C=C\C/C=C\C/C=C\CCCCCCCCCCC(=O)OC(COC(=O)CCCCCCCCCCCCCCCCCCC/C=C\CCCCCCCCCC)COC(OCC[N+](C)(C)C)C(=O)O. The summed E-state index contributed by atoms with van der Waals surface area (Å²) in [5.74, 6) is -2.01. The second-order valence-electron chi connectivity index (χ2n) is 22.3. The molecule has 2 unspecified atom stereocenters. The van der Waals surface area contributed by atoms with Crippen molar-refractivity contribution in [2.45, 2.75) is 296 Å². The molecule has 0 saturated carbocycles. The van der Waals surface area contributed by atoms with E-state index >= 15 is 0 Å². The van der Waals surface area contributed by atoms with Crippen LogP contribution in [0, 0.1) is 0 Å². The van der Waals surface area contributed by atoms with Crippen molar-refractivity contribution in [2.24, 2.45) is 0 Å². The predicted molar refractivity (Wildman–Crippen MR) is 318 cm³/mol. The van der Waals surface area contributed by atoms with Crippen molar-refractivity contribution in [3.8, 4) is 0 Å². The summed E-state index contributed by atoms with van der Waals surface area (Å²) in [7, 11) is 5.97. The maximum absolute atomic E-state index is 12.9. The summed E-state index contributed by atoms with van der Waals surface area (Å²) in [4.78, 5) is 37.5. The van der Waals surface area contributed by atoms with Crippen molar-refractivity contribution in [3.63, 3.8) is 0 Å². The van der Waals surface area contributed by atoms with Crippen LogP contribution in [-0.2, 0) is 33.3 Å². The van der Waals surface area contributed by atoms with Gasteiger partial charge in [0.15, 0.2) is 6.10 Å². The number of unbranched alkanes of at least 4 members (excludes halogenated alkanes) is 33. The van der Waals surface area contributed by atoms with Gasteiger partial charge in [0.25, 0.3) is 6.29 Å². The normalized spacial score (nSPS) is 13.1. The number of carbonyl (C=O) groups excluding carboxylic acids is 2. The third kappa shape index (κ3) is 58.5. The molecule has 0 rings (SSSR count). The molecule has 0 aromatic carbocycles. The number of ether oxygens (including phenoxy) is 4. The number of carbonyl (C=O) groups is 3. The first-order valence-corrected chi connectivity index (χ1v) is 31.5. The number of quaternary nitrogens is 1. The Labute approximate surface area is 463 Å². The highest BCUT2D eigenvalue weighted by atomic mass is 16.7. The molecule has 0 fully saturated rings. The van der Waals surface area contributed by atoms with Crippen molar-refractivity contribution < 1.29 is 42.9 Å². The maximum Gasteiger partial charge on any atom is 0.361 e. The van der Waals surface area contributed by atoms with Gasteiger partial charge in [0.05, 0.1) is 34.4 Å². The third-order valence-corrected chi connectivity index (χ3v) is 13.8. The molecule has 0 aromatic heterocycles. The molecule has 9 nitrogen and oxygen atoms in total. The van der Waals surface area contributed by atoms with Crippen molar-refractivity contribution in [2.75, 3.05) is 47.5 Å². The molecule has 1 N–H and O–H groups in total. The molecule has 0 aliphatic carbocycles. The zero-order valence-electron chi connectivity index (χ0n) is 49.7.